The van der Waals surface area contributed by atoms with Crippen LogP contribution in [0.3, 0.4) is 0 Å². The van der Waals surface area contributed by atoms with Gasteiger partial charge in [-0.2, -0.15) is 4.98 Å². The second kappa shape index (κ2) is 14.4. The van der Waals surface area contributed by atoms with Gasteiger partial charge in [0, 0.05) is 70.0 Å². The van der Waals surface area contributed by atoms with Crippen molar-refractivity contribution in [2.75, 3.05) is 62.0 Å². The molecule has 2 aromatic carbocycles. The van der Waals surface area contributed by atoms with E-state index < -0.39 is 0 Å². The summed E-state index contributed by atoms with van der Waals surface area (Å²) in [6.45, 7) is 6.18. The number of ether oxygens (including phenoxy) is 1. The Bertz CT molecular complexity index is 1710. The molecule has 8 rings (SSSR count). The zero-order valence-electron chi connectivity index (χ0n) is 30.1. The van der Waals surface area contributed by atoms with E-state index in [1.54, 1.807) is 24.3 Å². The van der Waals surface area contributed by atoms with Gasteiger partial charge >= 0.3 is 0 Å². The number of anilines is 4. The fourth-order valence-electron chi connectivity index (χ4n) is 8.89. The zero-order valence-corrected chi connectivity index (χ0v) is 30.1. The van der Waals surface area contributed by atoms with Gasteiger partial charge in [0.1, 0.15) is 11.4 Å². The number of piperazine rings is 1. The van der Waals surface area contributed by atoms with Crippen LogP contribution in [0.15, 0.2) is 54.7 Å². The topological polar surface area (TPSA) is 106 Å². The molecule has 11 nitrogen and oxygen atoms in total. The maximum atomic E-state index is 13.4. The van der Waals surface area contributed by atoms with E-state index in [0.29, 0.717) is 41.6 Å². The zero-order chi connectivity index (χ0) is 35.0. The Morgan fingerprint density at radius 3 is 2.39 bits per heavy atom. The summed E-state index contributed by atoms with van der Waals surface area (Å²) in [5.74, 6) is 1.90. The van der Waals surface area contributed by atoms with Gasteiger partial charge in [0.25, 0.3) is 5.91 Å². The lowest BCUT2D eigenvalue weighted by atomic mass is 9.89. The van der Waals surface area contributed by atoms with Crippen molar-refractivity contribution in [3.05, 3.63) is 65.9 Å². The van der Waals surface area contributed by atoms with Crippen LogP contribution in [0.5, 0.6) is 5.75 Å². The fraction of sp³-hybridized carbons (Fsp3) is 0.550. The van der Waals surface area contributed by atoms with Gasteiger partial charge in [-0.25, -0.2) is 4.98 Å². The first-order valence-corrected chi connectivity index (χ1v) is 19.1. The van der Waals surface area contributed by atoms with Gasteiger partial charge in [0.15, 0.2) is 5.82 Å². The number of methoxy groups -OCH3 is 1. The summed E-state index contributed by atoms with van der Waals surface area (Å²) in [6.07, 6.45) is 12.5. The van der Waals surface area contributed by atoms with Crippen LogP contribution in [-0.4, -0.2) is 96.6 Å². The van der Waals surface area contributed by atoms with Crippen molar-refractivity contribution < 1.29 is 14.3 Å². The average Bonchev–Trinajstić information content (AvgIpc) is 3.77. The number of fused-ring (bicyclic) bond motifs is 1. The van der Waals surface area contributed by atoms with Crippen molar-refractivity contribution in [2.45, 2.75) is 88.9 Å². The molecule has 1 aromatic heterocycles. The first-order valence-electron chi connectivity index (χ1n) is 19.1. The summed E-state index contributed by atoms with van der Waals surface area (Å²) in [7, 11) is 3.46. The molecule has 51 heavy (non-hydrogen) atoms. The Balaban J connectivity index is 0.876. The lowest BCUT2D eigenvalue weighted by Gasteiger charge is -2.42. The van der Waals surface area contributed by atoms with Crippen LogP contribution < -0.4 is 25.2 Å². The van der Waals surface area contributed by atoms with E-state index in [1.807, 2.05) is 19.2 Å². The molecule has 3 saturated carbocycles. The molecule has 0 unspecified atom stereocenters. The van der Waals surface area contributed by atoms with E-state index in [1.165, 1.54) is 18.4 Å². The highest BCUT2D eigenvalue weighted by atomic mass is 16.5. The molecule has 4 fully saturated rings. The molecule has 2 N–H and O–H groups in total. The van der Waals surface area contributed by atoms with Gasteiger partial charge < -0.3 is 25.2 Å². The average molecular weight is 693 g/mol. The molecule has 3 heterocycles. The Labute approximate surface area is 301 Å². The van der Waals surface area contributed by atoms with Crippen molar-refractivity contribution in [3.63, 3.8) is 0 Å². The molecule has 0 bridgehead atoms. The van der Waals surface area contributed by atoms with Crippen LogP contribution in [-0.2, 0) is 11.3 Å². The van der Waals surface area contributed by atoms with E-state index in [2.05, 4.69) is 60.6 Å². The molecule has 2 aliphatic heterocycles. The van der Waals surface area contributed by atoms with Gasteiger partial charge in [0.2, 0.25) is 11.9 Å². The predicted molar refractivity (Wildman–Crippen MR) is 200 cm³/mol. The molecule has 0 radical (unpaired) electrons. The van der Waals surface area contributed by atoms with E-state index in [-0.39, 0.29) is 23.3 Å². The third kappa shape index (κ3) is 7.15. The third-order valence-corrected chi connectivity index (χ3v) is 12.1. The van der Waals surface area contributed by atoms with E-state index >= 15 is 0 Å². The monoisotopic (exact) mass is 692 g/mol. The molecule has 5 aliphatic rings. The van der Waals surface area contributed by atoms with E-state index in [0.717, 1.165) is 95.6 Å². The molecule has 0 atom stereocenters. The van der Waals surface area contributed by atoms with Crippen LogP contribution in [0.2, 0.25) is 0 Å². The van der Waals surface area contributed by atoms with Gasteiger partial charge in [-0.05, 0) is 75.1 Å². The fourth-order valence-corrected chi connectivity index (χ4v) is 8.89. The molecule has 1 saturated heterocycles. The minimum Gasteiger partial charge on any atom is -0.495 e. The molecule has 1 spiro atoms. The SMILES string of the molecule is COc1cc(C(=O)NC2CCC(N3CCN(Cc4ccccc4)CC3)CC2)ccc1Nc1ncc2c(n1)N(C1CCCC1)CC1(CC1)C(=O)N2C. The van der Waals surface area contributed by atoms with Crippen LogP contribution in [0.25, 0.3) is 0 Å². The summed E-state index contributed by atoms with van der Waals surface area (Å²) >= 11 is 0. The first-order chi connectivity index (χ1) is 24.9. The Morgan fingerprint density at radius 2 is 1.69 bits per heavy atom. The molecular formula is C40H52N8O3. The summed E-state index contributed by atoms with van der Waals surface area (Å²) in [4.78, 5) is 45.9. The van der Waals surface area contributed by atoms with Gasteiger partial charge in [-0.15, -0.1) is 0 Å². The summed E-state index contributed by atoms with van der Waals surface area (Å²) in [5, 5.41) is 6.65. The number of rotatable bonds is 9. The molecule has 3 aliphatic carbocycles. The van der Waals surface area contributed by atoms with Crippen LogP contribution in [0.4, 0.5) is 23.1 Å². The number of amides is 2. The molecule has 2 amide bonds. The highest BCUT2D eigenvalue weighted by molar-refractivity contribution is 6.03. The van der Waals surface area contributed by atoms with Crippen molar-refractivity contribution >= 4 is 35.0 Å². The first kappa shape index (κ1) is 33.9. The lowest BCUT2D eigenvalue weighted by Crippen LogP contribution is -2.52. The second-order valence-electron chi connectivity index (χ2n) is 15.4. The van der Waals surface area contributed by atoms with Crippen LogP contribution >= 0.6 is 0 Å². The number of nitrogens with zero attached hydrogens (tertiary/aromatic N) is 6. The highest BCUT2D eigenvalue weighted by Crippen LogP contribution is 2.52. The molecule has 11 heteroatoms. The van der Waals surface area contributed by atoms with Crippen molar-refractivity contribution in [2.24, 2.45) is 5.41 Å². The number of aromatic nitrogens is 2. The summed E-state index contributed by atoms with van der Waals surface area (Å²) in [6, 6.07) is 17.4. The normalized spacial score (nSPS) is 23.9. The van der Waals surface area contributed by atoms with Gasteiger partial charge in [0.05, 0.1) is 24.4 Å². The highest BCUT2D eigenvalue weighted by Gasteiger charge is 2.55. The van der Waals surface area contributed by atoms with Crippen molar-refractivity contribution in [1.82, 2.24) is 25.1 Å². The van der Waals surface area contributed by atoms with Crippen LogP contribution in [0.1, 0.15) is 80.1 Å². The van der Waals surface area contributed by atoms with Crippen molar-refractivity contribution in [1.29, 1.82) is 0 Å². The number of hydrogen-bond acceptors (Lipinski definition) is 9. The Kier molecular flexibility index (Phi) is 9.59. The minimum absolute atomic E-state index is 0.0759. The standard InChI is InChI=1S/C40H52N8O3/c1-45-34-25-41-39(44-36(34)48(32-10-6-7-11-32)27-40(18-19-40)38(45)50)43-33-17-12-29(24-35(33)51-2)37(49)42-30-13-15-31(16-14-30)47-22-20-46(21-23-47)26-28-8-4-3-5-9-28/h3-5,8-9,12,17,24-25,30-32H,6-7,10-11,13-16,18-23,26-27H2,1-2H3,(H,42,49)(H,41,43,44). The third-order valence-electron chi connectivity index (χ3n) is 12.1. The number of benzene rings is 2. The Morgan fingerprint density at radius 1 is 0.941 bits per heavy atom. The van der Waals surface area contributed by atoms with Gasteiger partial charge in [-0.1, -0.05) is 43.2 Å². The molecule has 3 aromatic rings. The maximum absolute atomic E-state index is 13.4. The molecule has 270 valence electrons. The number of carbonyl (C=O) groups is 2. The second-order valence-corrected chi connectivity index (χ2v) is 15.4. The van der Waals surface area contributed by atoms with Crippen molar-refractivity contribution in [3.8, 4) is 5.75 Å². The number of nitrogens with one attached hydrogen (secondary N) is 2. The maximum Gasteiger partial charge on any atom is 0.251 e. The molecular weight excluding hydrogens is 640 g/mol. The largest absolute Gasteiger partial charge is 0.495 e. The predicted octanol–water partition coefficient (Wildman–Crippen LogP) is 5.59. The summed E-state index contributed by atoms with van der Waals surface area (Å²) < 4.78 is 5.75. The van der Waals surface area contributed by atoms with E-state index in [4.69, 9.17) is 9.72 Å². The quantitative estimate of drug-likeness (QED) is 0.297. The smallest absolute Gasteiger partial charge is 0.251 e. The lowest BCUT2D eigenvalue weighted by molar-refractivity contribution is -0.122. The van der Waals surface area contributed by atoms with Crippen LogP contribution in [0, 0.1) is 5.41 Å². The summed E-state index contributed by atoms with van der Waals surface area (Å²) in [5.41, 5.74) is 3.09. The number of carbonyl (C=O) groups excluding carboxylic acids is 2. The Hall–Kier alpha value is -4.22. The number of hydrogen-bond donors (Lipinski definition) is 2. The minimum atomic E-state index is -0.302. The van der Waals surface area contributed by atoms with E-state index in [9.17, 15) is 9.59 Å². The van der Waals surface area contributed by atoms with Gasteiger partial charge in [-0.3, -0.25) is 19.4 Å².